The number of Topliss-reactive ketones (excluding diaryl/α,β-unsaturated/α-hetero) is 2. The molecule has 0 amide bonds. The molecule has 66 valence electrons. The van der Waals surface area contributed by atoms with E-state index in [-0.39, 0.29) is 6.29 Å². The van der Waals surface area contributed by atoms with Gasteiger partial charge in [-0.05, 0) is 6.42 Å². The Bertz CT molecular complexity index is 210. The van der Waals surface area contributed by atoms with Crippen molar-refractivity contribution in [3.05, 3.63) is 0 Å². The van der Waals surface area contributed by atoms with Gasteiger partial charge in [-0.3, -0.25) is 14.4 Å². The molecular formula is C6H9N3O3. The first kappa shape index (κ1) is 8.98. The van der Waals surface area contributed by atoms with Crippen LogP contribution in [0.3, 0.4) is 0 Å². The lowest BCUT2D eigenvalue weighted by Crippen LogP contribution is -2.58. The van der Waals surface area contributed by atoms with Gasteiger partial charge in [-0.2, -0.15) is 5.53 Å². The van der Waals surface area contributed by atoms with Gasteiger partial charge in [0.2, 0.25) is 5.78 Å². The Morgan fingerprint density at radius 2 is 2.17 bits per heavy atom. The van der Waals surface area contributed by atoms with Crippen LogP contribution in [0.15, 0.2) is 0 Å². The van der Waals surface area contributed by atoms with E-state index in [2.05, 4.69) is 16.4 Å². The Morgan fingerprint density at radius 3 is 2.67 bits per heavy atom. The van der Waals surface area contributed by atoms with Crippen LogP contribution in [-0.4, -0.2) is 30.4 Å². The molecular weight excluding hydrogens is 162 g/mol. The summed E-state index contributed by atoms with van der Waals surface area (Å²) in [6, 6.07) is -0.594. The van der Waals surface area contributed by atoms with Gasteiger partial charge in [0.1, 0.15) is 0 Å². The smallest absolute Gasteiger partial charge is 0.262 e. The molecule has 0 aromatic carbocycles. The lowest BCUT2D eigenvalue weighted by atomic mass is 10.1. The highest BCUT2D eigenvalue weighted by atomic mass is 16.2. The van der Waals surface area contributed by atoms with Crippen LogP contribution in [0, 0.1) is 0 Å². The van der Waals surface area contributed by atoms with Crippen molar-refractivity contribution in [3.8, 4) is 0 Å². The first-order valence-electron chi connectivity index (χ1n) is 3.52. The van der Waals surface area contributed by atoms with Crippen molar-refractivity contribution in [2.24, 2.45) is 0 Å². The number of hydrogen-bond donors (Lipinski definition) is 3. The van der Waals surface area contributed by atoms with E-state index in [1.807, 2.05) is 0 Å². The van der Waals surface area contributed by atoms with E-state index in [4.69, 9.17) is 0 Å². The van der Waals surface area contributed by atoms with E-state index < -0.39 is 17.6 Å². The van der Waals surface area contributed by atoms with Crippen molar-refractivity contribution in [1.29, 1.82) is 0 Å². The van der Waals surface area contributed by atoms with Gasteiger partial charge in [0.05, 0.1) is 6.04 Å². The number of carbonyl (C=O) groups excluding carboxylic acids is 3. The van der Waals surface area contributed by atoms with Gasteiger partial charge in [-0.15, -0.1) is 0 Å². The van der Waals surface area contributed by atoms with E-state index in [0.717, 1.165) is 0 Å². The molecule has 1 atom stereocenters. The molecule has 6 nitrogen and oxygen atoms in total. The third kappa shape index (κ3) is 1.94. The quantitative estimate of drug-likeness (QED) is 0.251. The molecule has 6 heteroatoms. The van der Waals surface area contributed by atoms with E-state index >= 15 is 0 Å². The fourth-order valence-corrected chi connectivity index (χ4v) is 0.916. The highest BCUT2D eigenvalue weighted by Crippen LogP contribution is 1.94. The number of aldehydes is 1. The van der Waals surface area contributed by atoms with Gasteiger partial charge in [0, 0.05) is 6.54 Å². The molecule has 1 aliphatic heterocycles. The second-order valence-electron chi connectivity index (χ2n) is 2.38. The summed E-state index contributed by atoms with van der Waals surface area (Å²) in [6.45, 7) is 0.579. The van der Waals surface area contributed by atoms with Crippen molar-refractivity contribution in [2.45, 2.75) is 12.5 Å². The standard InChI is InChI=1S/C6H9N3O3/c10-3-5(11)6(12)4-1-2-7-9-8-4/h3-4,7-9H,1-2H2. The van der Waals surface area contributed by atoms with Crippen LogP contribution in [0.5, 0.6) is 0 Å². The van der Waals surface area contributed by atoms with Crippen LogP contribution in [0.2, 0.25) is 0 Å². The first-order chi connectivity index (χ1) is 5.75. The zero-order valence-electron chi connectivity index (χ0n) is 6.29. The van der Waals surface area contributed by atoms with Gasteiger partial charge in [0.25, 0.3) is 5.78 Å². The molecule has 1 saturated heterocycles. The van der Waals surface area contributed by atoms with Crippen molar-refractivity contribution < 1.29 is 14.4 Å². The van der Waals surface area contributed by atoms with Gasteiger partial charge in [-0.25, -0.2) is 10.9 Å². The highest BCUT2D eigenvalue weighted by Gasteiger charge is 2.25. The molecule has 1 heterocycles. The Hall–Kier alpha value is -1.11. The van der Waals surface area contributed by atoms with Crippen molar-refractivity contribution in [2.75, 3.05) is 6.54 Å². The van der Waals surface area contributed by atoms with Gasteiger partial charge in [0.15, 0.2) is 6.29 Å². The zero-order valence-corrected chi connectivity index (χ0v) is 6.29. The van der Waals surface area contributed by atoms with Gasteiger partial charge >= 0.3 is 0 Å². The lowest BCUT2D eigenvalue weighted by molar-refractivity contribution is -0.141. The SMILES string of the molecule is O=CC(=O)C(=O)C1CCNNN1. The predicted molar refractivity (Wildman–Crippen MR) is 38.8 cm³/mol. The van der Waals surface area contributed by atoms with Crippen LogP contribution < -0.4 is 16.4 Å². The third-order valence-electron chi connectivity index (χ3n) is 1.56. The fraction of sp³-hybridized carbons (Fsp3) is 0.500. The summed E-state index contributed by atoms with van der Waals surface area (Å²) in [7, 11) is 0. The maximum absolute atomic E-state index is 11.0. The zero-order chi connectivity index (χ0) is 8.97. The van der Waals surface area contributed by atoms with E-state index in [1.165, 1.54) is 0 Å². The number of carbonyl (C=O) groups is 3. The van der Waals surface area contributed by atoms with Crippen LogP contribution in [0.1, 0.15) is 6.42 Å². The maximum Gasteiger partial charge on any atom is 0.262 e. The Morgan fingerprint density at radius 1 is 1.42 bits per heavy atom. The molecule has 1 unspecified atom stereocenters. The number of hydrogen-bond acceptors (Lipinski definition) is 6. The minimum atomic E-state index is -0.990. The van der Waals surface area contributed by atoms with Gasteiger partial charge in [-0.1, -0.05) is 0 Å². The average Bonchev–Trinajstić information content (AvgIpc) is 2.17. The topological polar surface area (TPSA) is 87.3 Å². The van der Waals surface area contributed by atoms with Crippen LogP contribution in [-0.2, 0) is 14.4 Å². The Balaban J connectivity index is 2.50. The second-order valence-corrected chi connectivity index (χ2v) is 2.38. The maximum atomic E-state index is 11.0. The van der Waals surface area contributed by atoms with Gasteiger partial charge < -0.3 is 0 Å². The summed E-state index contributed by atoms with van der Waals surface area (Å²) in [4.78, 5) is 31.6. The summed E-state index contributed by atoms with van der Waals surface area (Å²) in [6.07, 6.45) is 0.525. The second kappa shape index (κ2) is 4.05. The predicted octanol–water partition coefficient (Wildman–Crippen LogP) is -2.31. The molecule has 1 fully saturated rings. The number of nitrogens with one attached hydrogen (secondary N) is 3. The molecule has 0 spiro atoms. The van der Waals surface area contributed by atoms with E-state index in [0.29, 0.717) is 13.0 Å². The number of rotatable bonds is 3. The van der Waals surface area contributed by atoms with Crippen molar-refractivity contribution in [1.82, 2.24) is 16.4 Å². The van der Waals surface area contributed by atoms with Crippen molar-refractivity contribution in [3.63, 3.8) is 0 Å². The Labute approximate surface area is 68.6 Å². The number of hydrazine groups is 2. The molecule has 12 heavy (non-hydrogen) atoms. The summed E-state index contributed by atoms with van der Waals surface area (Å²) in [5.41, 5.74) is 7.76. The fourth-order valence-electron chi connectivity index (χ4n) is 0.916. The molecule has 1 rings (SSSR count). The molecule has 1 aliphatic rings. The average molecular weight is 171 g/mol. The van der Waals surface area contributed by atoms with E-state index in [1.54, 1.807) is 0 Å². The number of ketones is 2. The summed E-state index contributed by atoms with van der Waals surface area (Å²) in [5.74, 6) is -1.68. The monoisotopic (exact) mass is 171 g/mol. The third-order valence-corrected chi connectivity index (χ3v) is 1.56. The minimum Gasteiger partial charge on any atom is -0.294 e. The van der Waals surface area contributed by atoms with E-state index in [9.17, 15) is 14.4 Å². The van der Waals surface area contributed by atoms with Crippen LogP contribution in [0.25, 0.3) is 0 Å². The summed E-state index contributed by atoms with van der Waals surface area (Å²) >= 11 is 0. The molecule has 0 aromatic heterocycles. The Kier molecular flexibility index (Phi) is 3.03. The molecule has 0 saturated carbocycles. The molecule has 0 radical (unpaired) electrons. The summed E-state index contributed by atoms with van der Waals surface area (Å²) < 4.78 is 0. The summed E-state index contributed by atoms with van der Waals surface area (Å²) in [5, 5.41) is 0. The molecule has 3 N–H and O–H groups in total. The van der Waals surface area contributed by atoms with Crippen molar-refractivity contribution >= 4 is 17.9 Å². The lowest BCUT2D eigenvalue weighted by Gasteiger charge is -2.22. The molecule has 0 bridgehead atoms. The molecule has 0 aliphatic carbocycles. The largest absolute Gasteiger partial charge is 0.294 e. The van der Waals surface area contributed by atoms with Crippen LogP contribution >= 0.6 is 0 Å². The normalized spacial score (nSPS) is 23.2. The highest BCUT2D eigenvalue weighted by molar-refractivity contribution is 6.58. The minimum absolute atomic E-state index is 0.0338. The molecule has 0 aromatic rings. The van der Waals surface area contributed by atoms with Crippen LogP contribution in [0.4, 0.5) is 0 Å². The first-order valence-corrected chi connectivity index (χ1v) is 3.52.